The summed E-state index contributed by atoms with van der Waals surface area (Å²) in [5.41, 5.74) is 0.933. The molecule has 1 aromatic heterocycles. The molecule has 9 heteroatoms. The number of carbonyl (C=O) groups excluding carboxylic acids is 3. The van der Waals surface area contributed by atoms with Crippen LogP contribution in [-0.2, 0) is 19.1 Å². The predicted molar refractivity (Wildman–Crippen MR) is 108 cm³/mol. The van der Waals surface area contributed by atoms with Crippen LogP contribution in [0.5, 0.6) is 0 Å². The SMILES string of the molecule is CCOC(=O)C1=C(CN2CCC[C@H](C(=O)OCC)C2)NC(=O)N[C@H]1c1cccs1. The molecule has 3 heterocycles. The van der Waals surface area contributed by atoms with Crippen molar-refractivity contribution in [3.63, 3.8) is 0 Å². The molecular formula is C20H27N3O5S. The first-order valence-corrected chi connectivity index (χ1v) is 10.8. The molecule has 3 rings (SSSR count). The highest BCUT2D eigenvalue weighted by molar-refractivity contribution is 7.10. The number of esters is 2. The van der Waals surface area contributed by atoms with Gasteiger partial charge in [-0.15, -0.1) is 11.3 Å². The lowest BCUT2D eigenvalue weighted by atomic mass is 9.96. The van der Waals surface area contributed by atoms with Gasteiger partial charge in [-0.1, -0.05) is 6.07 Å². The summed E-state index contributed by atoms with van der Waals surface area (Å²) in [6.45, 7) is 5.83. The van der Waals surface area contributed by atoms with E-state index in [2.05, 4.69) is 15.5 Å². The Morgan fingerprint density at radius 1 is 1.28 bits per heavy atom. The van der Waals surface area contributed by atoms with Crippen LogP contribution in [0.4, 0.5) is 4.79 Å². The minimum Gasteiger partial charge on any atom is -0.466 e. The Balaban J connectivity index is 1.86. The quantitative estimate of drug-likeness (QED) is 0.655. The Morgan fingerprint density at radius 2 is 2.07 bits per heavy atom. The van der Waals surface area contributed by atoms with Crippen LogP contribution in [0.15, 0.2) is 28.8 Å². The van der Waals surface area contributed by atoms with Crippen LogP contribution in [-0.4, -0.2) is 55.7 Å². The molecular weight excluding hydrogens is 394 g/mol. The van der Waals surface area contributed by atoms with Crippen LogP contribution in [0.25, 0.3) is 0 Å². The number of piperidine rings is 1. The van der Waals surface area contributed by atoms with Crippen molar-refractivity contribution in [2.24, 2.45) is 5.92 Å². The van der Waals surface area contributed by atoms with E-state index >= 15 is 0 Å². The smallest absolute Gasteiger partial charge is 0.338 e. The van der Waals surface area contributed by atoms with Crippen molar-refractivity contribution in [1.82, 2.24) is 15.5 Å². The molecule has 0 unspecified atom stereocenters. The monoisotopic (exact) mass is 421 g/mol. The average Bonchev–Trinajstić information content (AvgIpc) is 3.23. The van der Waals surface area contributed by atoms with Crippen molar-refractivity contribution < 1.29 is 23.9 Å². The average molecular weight is 422 g/mol. The highest BCUT2D eigenvalue weighted by Crippen LogP contribution is 2.31. The Kier molecular flexibility index (Phi) is 7.27. The van der Waals surface area contributed by atoms with E-state index in [0.29, 0.717) is 31.0 Å². The molecule has 2 aliphatic heterocycles. The van der Waals surface area contributed by atoms with E-state index in [1.807, 2.05) is 17.5 Å². The summed E-state index contributed by atoms with van der Waals surface area (Å²) in [6.07, 6.45) is 1.64. The normalized spacial score (nSPS) is 22.6. The van der Waals surface area contributed by atoms with Gasteiger partial charge in [0.05, 0.1) is 30.7 Å². The second kappa shape index (κ2) is 9.89. The lowest BCUT2D eigenvalue weighted by Gasteiger charge is -2.35. The zero-order valence-corrected chi connectivity index (χ0v) is 17.5. The second-order valence-electron chi connectivity index (χ2n) is 6.99. The van der Waals surface area contributed by atoms with Crippen LogP contribution in [0.2, 0.25) is 0 Å². The summed E-state index contributed by atoms with van der Waals surface area (Å²) >= 11 is 1.47. The lowest BCUT2D eigenvalue weighted by molar-refractivity contribution is -0.150. The van der Waals surface area contributed by atoms with E-state index in [4.69, 9.17) is 9.47 Å². The summed E-state index contributed by atoms with van der Waals surface area (Å²) in [6, 6.07) is 2.86. The molecule has 0 bridgehead atoms. The second-order valence-corrected chi connectivity index (χ2v) is 7.97. The molecule has 0 saturated carbocycles. The molecule has 0 spiro atoms. The minimum absolute atomic E-state index is 0.192. The summed E-state index contributed by atoms with van der Waals surface area (Å²) in [5, 5.41) is 7.52. The number of ether oxygens (including phenoxy) is 2. The van der Waals surface area contributed by atoms with Crippen LogP contribution >= 0.6 is 11.3 Å². The number of thiophene rings is 1. The molecule has 0 aromatic carbocycles. The van der Waals surface area contributed by atoms with Gasteiger partial charge in [0.2, 0.25) is 0 Å². The van der Waals surface area contributed by atoms with Gasteiger partial charge in [-0.25, -0.2) is 9.59 Å². The predicted octanol–water partition coefficient (Wildman–Crippen LogP) is 2.19. The Bertz CT molecular complexity index is 777. The molecule has 2 N–H and O–H groups in total. The van der Waals surface area contributed by atoms with Crippen LogP contribution < -0.4 is 10.6 Å². The van der Waals surface area contributed by atoms with E-state index in [-0.39, 0.29) is 24.5 Å². The number of likely N-dealkylation sites (tertiary alicyclic amines) is 1. The first-order chi connectivity index (χ1) is 14.0. The van der Waals surface area contributed by atoms with Gasteiger partial charge in [-0.3, -0.25) is 9.69 Å². The highest BCUT2D eigenvalue weighted by Gasteiger charge is 2.36. The van der Waals surface area contributed by atoms with E-state index in [1.54, 1.807) is 13.8 Å². The molecule has 1 aromatic rings. The molecule has 2 aliphatic rings. The Hall–Kier alpha value is -2.39. The van der Waals surface area contributed by atoms with Gasteiger partial charge in [0.25, 0.3) is 0 Å². The molecule has 8 nitrogen and oxygen atoms in total. The van der Waals surface area contributed by atoms with Crippen molar-refractivity contribution in [3.8, 4) is 0 Å². The number of urea groups is 1. The zero-order valence-electron chi connectivity index (χ0n) is 16.7. The fraction of sp³-hybridized carbons (Fsp3) is 0.550. The fourth-order valence-corrected chi connectivity index (χ4v) is 4.52. The molecule has 2 amide bonds. The topological polar surface area (TPSA) is 97.0 Å². The standard InChI is InChI=1S/C20H27N3O5S/c1-3-27-18(24)13-7-5-9-23(11-13)12-14-16(19(25)28-4-2)17(22-20(26)21-14)15-8-6-10-29-15/h6,8,10,13,17H,3-5,7,9,11-12H2,1-2H3,(H2,21,22,26)/t13-,17-/m0/s1. The number of hydrogen-bond acceptors (Lipinski definition) is 7. The first-order valence-electron chi connectivity index (χ1n) is 9.93. The zero-order chi connectivity index (χ0) is 20.8. The molecule has 158 valence electrons. The maximum Gasteiger partial charge on any atom is 0.338 e. The third-order valence-corrected chi connectivity index (χ3v) is 5.92. The van der Waals surface area contributed by atoms with Crippen LogP contribution in [0, 0.1) is 5.92 Å². The molecule has 2 atom stereocenters. The van der Waals surface area contributed by atoms with Crippen molar-refractivity contribution in [2.45, 2.75) is 32.7 Å². The van der Waals surface area contributed by atoms with Crippen LogP contribution in [0.1, 0.15) is 37.6 Å². The number of nitrogens with zero attached hydrogens (tertiary/aromatic N) is 1. The minimum atomic E-state index is -0.552. The summed E-state index contributed by atoms with van der Waals surface area (Å²) < 4.78 is 10.4. The molecule has 29 heavy (non-hydrogen) atoms. The fourth-order valence-electron chi connectivity index (χ4n) is 3.74. The number of carbonyl (C=O) groups is 3. The number of rotatable bonds is 7. The third kappa shape index (κ3) is 5.16. The summed E-state index contributed by atoms with van der Waals surface area (Å²) in [5.74, 6) is -0.837. The van der Waals surface area contributed by atoms with Crippen molar-refractivity contribution >= 4 is 29.3 Å². The van der Waals surface area contributed by atoms with Crippen molar-refractivity contribution in [3.05, 3.63) is 33.7 Å². The maximum atomic E-state index is 12.8. The first kappa shape index (κ1) is 21.3. The van der Waals surface area contributed by atoms with E-state index in [0.717, 1.165) is 24.3 Å². The van der Waals surface area contributed by atoms with Crippen molar-refractivity contribution in [1.29, 1.82) is 0 Å². The van der Waals surface area contributed by atoms with Gasteiger partial charge in [0.1, 0.15) is 0 Å². The third-order valence-electron chi connectivity index (χ3n) is 4.98. The Labute approximate surface area is 174 Å². The van der Waals surface area contributed by atoms with Gasteiger partial charge in [-0.05, 0) is 44.7 Å². The van der Waals surface area contributed by atoms with E-state index in [1.165, 1.54) is 11.3 Å². The van der Waals surface area contributed by atoms with E-state index < -0.39 is 12.0 Å². The highest BCUT2D eigenvalue weighted by atomic mass is 32.1. The molecule has 0 radical (unpaired) electrons. The maximum absolute atomic E-state index is 12.8. The van der Waals surface area contributed by atoms with Gasteiger partial charge < -0.3 is 20.1 Å². The van der Waals surface area contributed by atoms with Crippen molar-refractivity contribution in [2.75, 3.05) is 32.8 Å². The molecule has 1 fully saturated rings. The van der Waals surface area contributed by atoms with Gasteiger partial charge in [0, 0.05) is 23.7 Å². The Morgan fingerprint density at radius 3 is 2.76 bits per heavy atom. The number of hydrogen-bond donors (Lipinski definition) is 2. The summed E-state index contributed by atoms with van der Waals surface area (Å²) in [4.78, 5) is 40.2. The molecule has 0 aliphatic carbocycles. The van der Waals surface area contributed by atoms with Crippen LogP contribution in [0.3, 0.4) is 0 Å². The molecule has 1 saturated heterocycles. The summed E-state index contributed by atoms with van der Waals surface area (Å²) in [7, 11) is 0. The van der Waals surface area contributed by atoms with Gasteiger partial charge in [0.15, 0.2) is 0 Å². The van der Waals surface area contributed by atoms with Gasteiger partial charge >= 0.3 is 18.0 Å². The number of nitrogens with one attached hydrogen (secondary N) is 2. The van der Waals surface area contributed by atoms with E-state index in [9.17, 15) is 14.4 Å². The van der Waals surface area contributed by atoms with Gasteiger partial charge in [-0.2, -0.15) is 0 Å². The lowest BCUT2D eigenvalue weighted by Crippen LogP contribution is -2.49. The largest absolute Gasteiger partial charge is 0.466 e. The number of amides is 2.